The maximum Gasteiger partial charge on any atom is 0.190 e. The predicted octanol–water partition coefficient (Wildman–Crippen LogP) is 3.01. The Morgan fingerprint density at radius 1 is 1.17 bits per heavy atom. The monoisotopic (exact) mass is 302 g/mol. The first-order chi connectivity index (χ1) is 11.2. The Hall–Kier alpha value is -3.08. The molecule has 0 N–H and O–H groups in total. The summed E-state index contributed by atoms with van der Waals surface area (Å²) in [6, 6.07) is 7.51. The zero-order chi connectivity index (χ0) is 15.8. The number of imidazole rings is 1. The molecule has 0 radical (unpaired) electrons. The van der Waals surface area contributed by atoms with E-state index < -0.39 is 0 Å². The minimum absolute atomic E-state index is 0.00646. The lowest BCUT2D eigenvalue weighted by molar-refractivity contribution is 0.102. The number of hydrogen-bond donors (Lipinski definition) is 0. The average molecular weight is 302 g/mol. The average Bonchev–Trinajstić information content (AvgIpc) is 3.09. The molecule has 0 unspecified atom stereocenters. The highest BCUT2D eigenvalue weighted by atomic mass is 16.1. The molecule has 0 amide bonds. The smallest absolute Gasteiger partial charge is 0.190 e. The molecular formula is C18H14N4O. The van der Waals surface area contributed by atoms with Gasteiger partial charge in [0.05, 0.1) is 11.4 Å². The molecule has 4 rings (SSSR count). The van der Waals surface area contributed by atoms with Crippen LogP contribution >= 0.6 is 0 Å². The van der Waals surface area contributed by atoms with E-state index in [0.717, 1.165) is 29.2 Å². The lowest BCUT2D eigenvalue weighted by Crippen LogP contribution is -2.15. The van der Waals surface area contributed by atoms with Crippen molar-refractivity contribution < 1.29 is 4.79 Å². The second kappa shape index (κ2) is 5.28. The summed E-state index contributed by atoms with van der Waals surface area (Å²) >= 11 is 0. The molecule has 0 fully saturated rings. The van der Waals surface area contributed by atoms with Gasteiger partial charge in [-0.1, -0.05) is 6.58 Å². The van der Waals surface area contributed by atoms with E-state index in [1.54, 1.807) is 18.7 Å². The molecule has 0 aliphatic heterocycles. The number of hydrogen-bond acceptors (Lipinski definition) is 4. The first-order valence-corrected chi connectivity index (χ1v) is 7.39. The number of nitrogens with zero attached hydrogens (tertiary/aromatic N) is 4. The van der Waals surface area contributed by atoms with Gasteiger partial charge in [0.25, 0.3) is 0 Å². The number of aryl methyl sites for hydroxylation is 1. The molecule has 0 saturated heterocycles. The molecule has 112 valence electrons. The molecule has 1 aliphatic carbocycles. The number of carbonyl (C=O) groups is 1. The molecule has 1 aliphatic rings. The van der Waals surface area contributed by atoms with Crippen LogP contribution in [0.1, 0.15) is 22.5 Å². The molecule has 3 heterocycles. The Bertz CT molecular complexity index is 912. The first-order valence-electron chi connectivity index (χ1n) is 7.39. The normalized spacial score (nSPS) is 13.9. The van der Waals surface area contributed by atoms with Gasteiger partial charge in [-0.05, 0) is 42.7 Å². The van der Waals surface area contributed by atoms with E-state index in [-0.39, 0.29) is 5.78 Å². The van der Waals surface area contributed by atoms with Crippen LogP contribution in [0.4, 0.5) is 0 Å². The third-order valence-electron chi connectivity index (χ3n) is 3.99. The Morgan fingerprint density at radius 2 is 2.09 bits per heavy atom. The summed E-state index contributed by atoms with van der Waals surface area (Å²) in [5, 5.41) is 0. The highest BCUT2D eigenvalue weighted by Gasteiger charge is 2.22. The second-order valence-electron chi connectivity index (χ2n) is 5.50. The minimum atomic E-state index is 0.00646. The third-order valence-corrected chi connectivity index (χ3v) is 3.99. The summed E-state index contributed by atoms with van der Waals surface area (Å²) in [5.41, 5.74) is 3.94. The van der Waals surface area contributed by atoms with Crippen molar-refractivity contribution >= 4 is 5.78 Å². The summed E-state index contributed by atoms with van der Waals surface area (Å²) in [6.45, 7) is 3.81. The van der Waals surface area contributed by atoms with Crippen molar-refractivity contribution in [3.63, 3.8) is 0 Å². The molecule has 23 heavy (non-hydrogen) atoms. The molecule has 5 heteroatoms. The summed E-state index contributed by atoms with van der Waals surface area (Å²) in [5.74, 6) is 0.763. The van der Waals surface area contributed by atoms with Crippen LogP contribution in [0.25, 0.3) is 17.1 Å². The molecule has 0 atom stereocenters. The number of fused-ring (bicyclic) bond motifs is 1. The van der Waals surface area contributed by atoms with Crippen molar-refractivity contribution in [2.75, 3.05) is 0 Å². The van der Waals surface area contributed by atoms with Crippen LogP contribution in [0.3, 0.4) is 0 Å². The van der Waals surface area contributed by atoms with Crippen molar-refractivity contribution in [2.45, 2.75) is 12.8 Å². The van der Waals surface area contributed by atoms with Crippen LogP contribution in [0.5, 0.6) is 0 Å². The van der Waals surface area contributed by atoms with Gasteiger partial charge < -0.3 is 0 Å². The van der Waals surface area contributed by atoms with Crippen molar-refractivity contribution in [1.82, 2.24) is 19.5 Å². The Balaban J connectivity index is 1.71. The lowest BCUT2D eigenvalue weighted by atomic mass is 9.91. The van der Waals surface area contributed by atoms with E-state index >= 15 is 0 Å². The number of carbonyl (C=O) groups excluding carboxylic acids is 1. The number of aromatic nitrogens is 4. The van der Waals surface area contributed by atoms with Crippen LogP contribution in [-0.4, -0.2) is 25.3 Å². The van der Waals surface area contributed by atoms with Gasteiger partial charge in [-0.15, -0.1) is 0 Å². The number of pyridine rings is 2. The van der Waals surface area contributed by atoms with Crippen molar-refractivity contribution in [3.8, 4) is 17.1 Å². The highest BCUT2D eigenvalue weighted by molar-refractivity contribution is 6.10. The Kier molecular flexibility index (Phi) is 3.12. The van der Waals surface area contributed by atoms with Crippen LogP contribution in [0, 0.1) is 0 Å². The van der Waals surface area contributed by atoms with E-state index in [2.05, 4.69) is 21.5 Å². The predicted molar refractivity (Wildman–Crippen MR) is 86.4 cm³/mol. The fourth-order valence-electron chi connectivity index (χ4n) is 2.72. The maximum absolute atomic E-state index is 12.1. The highest BCUT2D eigenvalue weighted by Crippen LogP contribution is 2.24. The van der Waals surface area contributed by atoms with Crippen molar-refractivity contribution in [2.24, 2.45) is 0 Å². The Labute approximate surface area is 133 Å². The molecule has 5 nitrogen and oxygen atoms in total. The van der Waals surface area contributed by atoms with Gasteiger partial charge in [0.2, 0.25) is 0 Å². The minimum Gasteiger partial charge on any atom is -0.290 e. The fraction of sp³-hybridized carbons (Fsp3) is 0.111. The van der Waals surface area contributed by atoms with Gasteiger partial charge in [0.1, 0.15) is 12.1 Å². The van der Waals surface area contributed by atoms with E-state index in [0.29, 0.717) is 17.6 Å². The zero-order valence-electron chi connectivity index (χ0n) is 12.4. The standard InChI is InChI=1S/C18H14N4O/c1-12-4-6-15-14(18(12)23)5-7-17(21-15)22-10-16(20-11-22)13-3-2-8-19-9-13/h2-3,5,7-11H,1,4,6H2. The summed E-state index contributed by atoms with van der Waals surface area (Å²) < 4.78 is 1.86. The van der Waals surface area contributed by atoms with E-state index in [4.69, 9.17) is 0 Å². The quantitative estimate of drug-likeness (QED) is 0.683. The molecule has 3 aromatic rings. The molecular weight excluding hydrogens is 288 g/mol. The molecule has 3 aromatic heterocycles. The van der Waals surface area contributed by atoms with Crippen LogP contribution in [0.15, 0.2) is 61.3 Å². The SMILES string of the molecule is C=C1CCc2nc(-n3cnc(-c4cccnc4)c3)ccc2C1=O. The number of allylic oxidation sites excluding steroid dienone is 1. The van der Waals surface area contributed by atoms with Crippen LogP contribution < -0.4 is 0 Å². The second-order valence-corrected chi connectivity index (χ2v) is 5.50. The summed E-state index contributed by atoms with van der Waals surface area (Å²) in [6.07, 6.45) is 8.56. The molecule has 0 spiro atoms. The molecule has 0 saturated carbocycles. The molecule has 0 bridgehead atoms. The number of ketones is 1. The lowest BCUT2D eigenvalue weighted by Gasteiger charge is -2.16. The largest absolute Gasteiger partial charge is 0.290 e. The van der Waals surface area contributed by atoms with Crippen LogP contribution in [0.2, 0.25) is 0 Å². The third kappa shape index (κ3) is 2.36. The first kappa shape index (κ1) is 13.6. The van der Waals surface area contributed by atoms with E-state index in [1.165, 1.54) is 0 Å². The van der Waals surface area contributed by atoms with Crippen molar-refractivity contribution in [3.05, 3.63) is 72.6 Å². The van der Waals surface area contributed by atoms with Gasteiger partial charge in [0.15, 0.2) is 5.78 Å². The summed E-state index contributed by atoms with van der Waals surface area (Å²) in [7, 11) is 0. The maximum atomic E-state index is 12.1. The van der Waals surface area contributed by atoms with E-state index in [1.807, 2.05) is 35.0 Å². The number of rotatable bonds is 2. The summed E-state index contributed by atoms with van der Waals surface area (Å²) in [4.78, 5) is 25.2. The molecule has 0 aromatic carbocycles. The van der Waals surface area contributed by atoms with Gasteiger partial charge in [0, 0.05) is 29.7 Å². The number of Topliss-reactive ketones (excluding diaryl/α,β-unsaturated/α-hetero) is 1. The zero-order valence-corrected chi connectivity index (χ0v) is 12.4. The van der Waals surface area contributed by atoms with Gasteiger partial charge >= 0.3 is 0 Å². The van der Waals surface area contributed by atoms with Crippen LogP contribution in [-0.2, 0) is 6.42 Å². The Morgan fingerprint density at radius 3 is 2.91 bits per heavy atom. The van der Waals surface area contributed by atoms with Gasteiger partial charge in [-0.2, -0.15) is 0 Å². The fourth-order valence-corrected chi connectivity index (χ4v) is 2.72. The van der Waals surface area contributed by atoms with Crippen molar-refractivity contribution in [1.29, 1.82) is 0 Å². The van der Waals surface area contributed by atoms with E-state index in [9.17, 15) is 4.79 Å². The van der Waals surface area contributed by atoms with Gasteiger partial charge in [-0.25, -0.2) is 9.97 Å². The van der Waals surface area contributed by atoms with Gasteiger partial charge in [-0.3, -0.25) is 14.3 Å². The topological polar surface area (TPSA) is 60.7 Å².